The van der Waals surface area contributed by atoms with E-state index >= 15 is 0 Å². The summed E-state index contributed by atoms with van der Waals surface area (Å²) in [5, 5.41) is 13.2. The molecule has 0 amide bonds. The van der Waals surface area contributed by atoms with Gasteiger partial charge in [-0.1, -0.05) is 0 Å². The van der Waals surface area contributed by atoms with Gasteiger partial charge in [0.05, 0.1) is 0 Å². The second-order valence-electron chi connectivity index (χ2n) is 5.42. The fourth-order valence-corrected chi connectivity index (χ4v) is 2.29. The summed E-state index contributed by atoms with van der Waals surface area (Å²) in [6.07, 6.45) is 2.64. The minimum Gasteiger partial charge on any atom is -0.328 e. The van der Waals surface area contributed by atoms with E-state index in [-0.39, 0.29) is 17.1 Å². The first kappa shape index (κ1) is 11.0. The zero-order valence-electron chi connectivity index (χ0n) is 9.13. The third-order valence-corrected chi connectivity index (χ3v) is 2.99. The summed E-state index contributed by atoms with van der Waals surface area (Å²) in [5.41, 5.74) is 5.34. The third-order valence-electron chi connectivity index (χ3n) is 2.99. The van der Waals surface area contributed by atoms with Crippen LogP contribution in [0.4, 0.5) is 0 Å². The Balaban J connectivity index is 2.87. The van der Waals surface area contributed by atoms with Crippen LogP contribution in [0.2, 0.25) is 0 Å². The van der Waals surface area contributed by atoms with Gasteiger partial charge in [-0.3, -0.25) is 0 Å². The molecule has 13 heavy (non-hydrogen) atoms. The first-order chi connectivity index (χ1) is 5.76. The van der Waals surface area contributed by atoms with Crippen molar-refractivity contribution in [3.63, 3.8) is 0 Å². The maximum Gasteiger partial charge on any atom is 0.0458 e. The van der Waals surface area contributed by atoms with Gasteiger partial charge in [0, 0.05) is 17.1 Å². The molecule has 1 unspecified atom stereocenters. The zero-order chi connectivity index (χ0) is 10.3. The molecule has 0 bridgehead atoms. The molecule has 1 aliphatic heterocycles. The molecule has 1 atom stereocenters. The van der Waals surface area contributed by atoms with Crippen molar-refractivity contribution >= 4 is 0 Å². The highest BCUT2D eigenvalue weighted by Gasteiger charge is 2.42. The van der Waals surface area contributed by atoms with E-state index in [1.807, 2.05) is 27.7 Å². The van der Waals surface area contributed by atoms with Crippen molar-refractivity contribution in [3.05, 3.63) is 0 Å². The van der Waals surface area contributed by atoms with Crippen LogP contribution < -0.4 is 5.73 Å². The van der Waals surface area contributed by atoms with E-state index in [1.165, 1.54) is 5.06 Å². The Hall–Kier alpha value is -0.120. The molecule has 1 saturated heterocycles. The fraction of sp³-hybridized carbons (Fsp3) is 1.00. The van der Waals surface area contributed by atoms with Crippen LogP contribution in [0, 0.1) is 0 Å². The quantitative estimate of drug-likeness (QED) is 0.624. The molecule has 1 fully saturated rings. The topological polar surface area (TPSA) is 49.2 Å². The summed E-state index contributed by atoms with van der Waals surface area (Å²) in [6.45, 7) is 7.96. The molecule has 3 heteroatoms. The third kappa shape index (κ3) is 2.22. The lowest BCUT2D eigenvalue weighted by atomic mass is 9.95. The fourth-order valence-electron chi connectivity index (χ4n) is 2.29. The number of nitrogens with zero attached hydrogens (tertiary/aromatic N) is 1. The van der Waals surface area contributed by atoms with Crippen LogP contribution in [-0.2, 0) is 5.21 Å². The van der Waals surface area contributed by atoms with Crippen LogP contribution in [0.25, 0.3) is 0 Å². The molecule has 1 aliphatic rings. The van der Waals surface area contributed by atoms with Crippen LogP contribution in [0.5, 0.6) is 0 Å². The van der Waals surface area contributed by atoms with Crippen molar-refractivity contribution in [1.29, 1.82) is 0 Å². The van der Waals surface area contributed by atoms with Gasteiger partial charge < -0.3 is 5.73 Å². The Morgan fingerprint density at radius 1 is 1.23 bits per heavy atom. The van der Waals surface area contributed by atoms with Crippen molar-refractivity contribution in [2.45, 2.75) is 64.1 Å². The number of rotatable bonds is 0. The Morgan fingerprint density at radius 2 is 1.77 bits per heavy atom. The Morgan fingerprint density at radius 3 is 2.31 bits per heavy atom. The molecule has 0 aromatic rings. The van der Waals surface area contributed by atoms with Gasteiger partial charge in [-0.05, 0) is 47.0 Å². The average molecular weight is 185 g/mol. The number of hydrogen-bond acceptors (Lipinski definition) is 2. The van der Waals surface area contributed by atoms with E-state index < -0.39 is 0 Å². The van der Waals surface area contributed by atoms with Crippen LogP contribution in [0.1, 0.15) is 47.0 Å². The maximum atomic E-state index is 12.0. The highest BCUT2D eigenvalue weighted by atomic mass is 16.5. The van der Waals surface area contributed by atoms with Crippen LogP contribution in [-0.4, -0.2) is 22.2 Å². The highest BCUT2D eigenvalue weighted by molar-refractivity contribution is 4.93. The Kier molecular flexibility index (Phi) is 2.72. The SMILES string of the molecule is CC1(C)CCC(N)CC(C)(C)N1[O]. The van der Waals surface area contributed by atoms with Crippen LogP contribution >= 0.6 is 0 Å². The van der Waals surface area contributed by atoms with Crippen LogP contribution in [0.15, 0.2) is 0 Å². The van der Waals surface area contributed by atoms with Crippen molar-refractivity contribution in [2.75, 3.05) is 0 Å². The highest BCUT2D eigenvalue weighted by Crippen LogP contribution is 2.34. The second kappa shape index (κ2) is 3.23. The predicted octanol–water partition coefficient (Wildman–Crippen LogP) is 1.70. The largest absolute Gasteiger partial charge is 0.328 e. The summed E-state index contributed by atoms with van der Waals surface area (Å²) >= 11 is 0. The van der Waals surface area contributed by atoms with Crippen molar-refractivity contribution in [2.24, 2.45) is 5.73 Å². The van der Waals surface area contributed by atoms with Gasteiger partial charge >= 0.3 is 0 Å². The first-order valence-electron chi connectivity index (χ1n) is 4.99. The molecule has 2 N–H and O–H groups in total. The lowest BCUT2D eigenvalue weighted by molar-refractivity contribution is -0.269. The zero-order valence-corrected chi connectivity index (χ0v) is 9.13. The minimum absolute atomic E-state index is 0.174. The molecule has 1 radical (unpaired) electrons. The van der Waals surface area contributed by atoms with Gasteiger partial charge in [0.1, 0.15) is 0 Å². The second-order valence-corrected chi connectivity index (χ2v) is 5.42. The average Bonchev–Trinajstić information content (AvgIpc) is 2.03. The van der Waals surface area contributed by atoms with Crippen molar-refractivity contribution in [3.8, 4) is 0 Å². The van der Waals surface area contributed by atoms with E-state index in [2.05, 4.69) is 0 Å². The summed E-state index contributed by atoms with van der Waals surface area (Å²) in [6, 6.07) is 0.174. The van der Waals surface area contributed by atoms with E-state index in [1.54, 1.807) is 0 Å². The van der Waals surface area contributed by atoms with E-state index in [0.29, 0.717) is 0 Å². The van der Waals surface area contributed by atoms with Gasteiger partial charge in [-0.25, -0.2) is 0 Å². The van der Waals surface area contributed by atoms with E-state index in [0.717, 1.165) is 19.3 Å². The normalized spacial score (nSPS) is 34.2. The number of hydroxylamine groups is 2. The van der Waals surface area contributed by atoms with Gasteiger partial charge in [0.25, 0.3) is 0 Å². The van der Waals surface area contributed by atoms with Crippen molar-refractivity contribution in [1.82, 2.24) is 5.06 Å². The summed E-state index contributed by atoms with van der Waals surface area (Å²) in [5.74, 6) is 0. The number of hydrogen-bond donors (Lipinski definition) is 1. The molecule has 0 aliphatic carbocycles. The maximum absolute atomic E-state index is 12.0. The van der Waals surface area contributed by atoms with Crippen LogP contribution in [0.3, 0.4) is 0 Å². The minimum atomic E-state index is -0.320. The summed E-state index contributed by atoms with van der Waals surface area (Å²) in [7, 11) is 0. The number of nitrogens with two attached hydrogens (primary N) is 1. The molecular formula is C10H21N2O. The molecule has 0 saturated carbocycles. The summed E-state index contributed by atoms with van der Waals surface area (Å²) < 4.78 is 0. The van der Waals surface area contributed by atoms with Gasteiger partial charge in [0.15, 0.2) is 0 Å². The Labute approximate surface area is 80.9 Å². The molecule has 1 rings (SSSR count). The van der Waals surface area contributed by atoms with Gasteiger partial charge in [-0.15, -0.1) is 10.3 Å². The molecule has 0 aromatic heterocycles. The van der Waals surface area contributed by atoms with E-state index in [9.17, 15) is 5.21 Å². The first-order valence-corrected chi connectivity index (χ1v) is 4.99. The molecule has 0 aromatic carbocycles. The Bertz CT molecular complexity index is 189. The standard InChI is InChI=1S/C10H21N2O/c1-9(2)6-5-8(11)7-10(3,4)12(9)13/h8H,5-7,11H2,1-4H3. The molecular weight excluding hydrogens is 164 g/mol. The lowest BCUT2D eigenvalue weighted by Gasteiger charge is -2.40. The smallest absolute Gasteiger partial charge is 0.0458 e. The lowest BCUT2D eigenvalue weighted by Crippen LogP contribution is -2.51. The van der Waals surface area contributed by atoms with Gasteiger partial charge in [0.2, 0.25) is 0 Å². The monoisotopic (exact) mass is 185 g/mol. The van der Waals surface area contributed by atoms with E-state index in [4.69, 9.17) is 5.73 Å². The molecule has 1 heterocycles. The van der Waals surface area contributed by atoms with Gasteiger partial charge in [-0.2, -0.15) is 0 Å². The molecule has 77 valence electrons. The molecule has 0 spiro atoms. The summed E-state index contributed by atoms with van der Waals surface area (Å²) in [4.78, 5) is 0. The van der Waals surface area contributed by atoms with Crippen molar-refractivity contribution < 1.29 is 5.21 Å². The predicted molar refractivity (Wildman–Crippen MR) is 52.5 cm³/mol. The molecule has 3 nitrogen and oxygen atoms in total.